The highest BCUT2D eigenvalue weighted by Gasteiger charge is 2.32. The molecule has 2 atom stereocenters. The number of aromatic nitrogens is 1. The minimum absolute atomic E-state index is 0.0210. The molecule has 3 aromatic carbocycles. The summed E-state index contributed by atoms with van der Waals surface area (Å²) >= 11 is 6.70. The van der Waals surface area contributed by atoms with Gasteiger partial charge < -0.3 is 34.4 Å². The number of carboxylic acids is 1. The van der Waals surface area contributed by atoms with Crippen LogP contribution >= 0.6 is 11.6 Å². The Hall–Kier alpha value is -4.24. The molecule has 4 aromatic rings. The van der Waals surface area contributed by atoms with Crippen molar-refractivity contribution in [1.82, 2.24) is 15.2 Å². The number of nitrogens with one attached hydrogen (secondary N) is 1. The number of aliphatic carboxylic acids is 1. The van der Waals surface area contributed by atoms with E-state index in [9.17, 15) is 28.5 Å². The number of carboxylic acid groups (broad SMARTS) is 1. The highest BCUT2D eigenvalue weighted by Crippen LogP contribution is 2.35. The van der Waals surface area contributed by atoms with Crippen molar-refractivity contribution in [1.29, 1.82) is 0 Å². The number of hydrogen-bond donors (Lipinski definition) is 4. The van der Waals surface area contributed by atoms with Crippen LogP contribution in [0.2, 0.25) is 5.02 Å². The molecule has 0 spiro atoms. The van der Waals surface area contributed by atoms with E-state index in [4.69, 9.17) is 25.8 Å². The third-order valence-electron chi connectivity index (χ3n) is 9.27. The number of carbonyl (C=O) groups is 1. The van der Waals surface area contributed by atoms with Gasteiger partial charge in [0.1, 0.15) is 36.0 Å². The van der Waals surface area contributed by atoms with Crippen molar-refractivity contribution in [3.63, 3.8) is 0 Å². The lowest BCUT2D eigenvalue weighted by molar-refractivity contribution is -0.145. The van der Waals surface area contributed by atoms with E-state index in [0.29, 0.717) is 29.2 Å². The Morgan fingerprint density at radius 1 is 1.04 bits per heavy atom. The van der Waals surface area contributed by atoms with E-state index in [1.165, 1.54) is 25.4 Å². The van der Waals surface area contributed by atoms with Crippen molar-refractivity contribution < 1.29 is 42.7 Å². The number of ether oxygens (including phenoxy) is 3. The first-order valence-electron chi connectivity index (χ1n) is 17.3. The fourth-order valence-electron chi connectivity index (χ4n) is 5.91. The summed E-state index contributed by atoms with van der Waals surface area (Å²) in [6.45, 7) is 5.95. The van der Waals surface area contributed by atoms with Gasteiger partial charge in [-0.15, -0.1) is 0 Å². The van der Waals surface area contributed by atoms with Gasteiger partial charge in [0, 0.05) is 62.0 Å². The van der Waals surface area contributed by atoms with E-state index in [-0.39, 0.29) is 35.8 Å². The number of rotatable bonds is 18. The van der Waals surface area contributed by atoms with Crippen LogP contribution in [0.25, 0.3) is 11.1 Å². The fourth-order valence-corrected chi connectivity index (χ4v) is 6.77. The van der Waals surface area contributed by atoms with Crippen molar-refractivity contribution in [3.8, 4) is 28.4 Å². The highest BCUT2D eigenvalue weighted by atomic mass is 35.5. The molecule has 1 saturated heterocycles. The Morgan fingerprint density at radius 2 is 1.81 bits per heavy atom. The minimum atomic E-state index is -3.49. The van der Waals surface area contributed by atoms with Crippen LogP contribution in [0.1, 0.15) is 42.0 Å². The smallest absolute Gasteiger partial charge is 0.326 e. The summed E-state index contributed by atoms with van der Waals surface area (Å²) in [6.07, 6.45) is 5.31. The number of aliphatic hydroxyl groups excluding tert-OH is 2. The molecule has 5 rings (SSSR count). The van der Waals surface area contributed by atoms with Crippen LogP contribution in [0, 0.1) is 6.92 Å². The van der Waals surface area contributed by atoms with E-state index in [2.05, 4.69) is 15.2 Å². The summed E-state index contributed by atoms with van der Waals surface area (Å²) in [5.41, 5.74) is 3.33. The summed E-state index contributed by atoms with van der Waals surface area (Å²) < 4.78 is 42.6. The first kappa shape index (κ1) is 40.0. The van der Waals surface area contributed by atoms with Gasteiger partial charge in [-0.3, -0.25) is 15.1 Å². The van der Waals surface area contributed by atoms with Crippen molar-refractivity contribution in [2.45, 2.75) is 63.0 Å². The molecule has 0 amide bonds. The molecule has 12 nitrogen and oxygen atoms in total. The van der Waals surface area contributed by atoms with Gasteiger partial charge in [-0.05, 0) is 73.2 Å². The molecule has 1 fully saturated rings. The second-order valence-electron chi connectivity index (χ2n) is 13.5. The minimum Gasteiger partial charge on any atom is -0.494 e. The third-order valence-corrected chi connectivity index (χ3v) is 10.6. The van der Waals surface area contributed by atoms with Crippen LogP contribution in [0.15, 0.2) is 78.0 Å². The Morgan fingerprint density at radius 3 is 2.53 bits per heavy atom. The summed E-state index contributed by atoms with van der Waals surface area (Å²) in [5, 5.41) is 32.3. The van der Waals surface area contributed by atoms with Crippen molar-refractivity contribution in [2.75, 3.05) is 39.1 Å². The molecule has 0 unspecified atom stereocenters. The molecular weight excluding hydrogens is 722 g/mol. The lowest BCUT2D eigenvalue weighted by Gasteiger charge is -2.25. The average Bonchev–Trinajstić information content (AvgIpc) is 3.56. The third kappa shape index (κ3) is 10.7. The van der Waals surface area contributed by atoms with Crippen LogP contribution < -0.4 is 19.5 Å². The van der Waals surface area contributed by atoms with Crippen molar-refractivity contribution in [2.24, 2.45) is 0 Å². The van der Waals surface area contributed by atoms with E-state index in [1.807, 2.05) is 49.4 Å². The molecule has 1 aliphatic heterocycles. The van der Waals surface area contributed by atoms with E-state index in [1.54, 1.807) is 12.1 Å². The van der Waals surface area contributed by atoms with Gasteiger partial charge in [-0.25, -0.2) is 8.42 Å². The van der Waals surface area contributed by atoms with Gasteiger partial charge in [-0.2, -0.15) is 0 Å². The number of sulfone groups is 1. The van der Waals surface area contributed by atoms with Gasteiger partial charge in [0.05, 0.1) is 29.2 Å². The van der Waals surface area contributed by atoms with Crippen LogP contribution in [-0.2, 0) is 34.4 Å². The Bertz CT molecular complexity index is 2010. The molecule has 4 N–H and O–H groups in total. The SMILES string of the molecule is Cc1c(COc2cc(OCc3cncc(S(C)(=O)=O)c3)c(CN[C@](C)(CO)C(=O)O)cc2Cl)cccc1-c1cccc(OCCCN2CC[C@@H](O)C2)c1. The topological polar surface area (TPSA) is 168 Å². The summed E-state index contributed by atoms with van der Waals surface area (Å²) in [6, 6.07) is 18.6. The van der Waals surface area contributed by atoms with Gasteiger partial charge in [0.2, 0.25) is 0 Å². The van der Waals surface area contributed by atoms with Gasteiger partial charge in [0.15, 0.2) is 9.84 Å². The van der Waals surface area contributed by atoms with Crippen LogP contribution in [0.3, 0.4) is 0 Å². The predicted octanol–water partition coefficient (Wildman–Crippen LogP) is 5.03. The maximum absolute atomic E-state index is 12.1. The lowest BCUT2D eigenvalue weighted by Crippen LogP contribution is -2.52. The van der Waals surface area contributed by atoms with E-state index < -0.39 is 28.0 Å². The van der Waals surface area contributed by atoms with Gasteiger partial charge in [-0.1, -0.05) is 41.9 Å². The quantitative estimate of drug-likeness (QED) is 0.0999. The molecule has 0 saturated carbocycles. The summed E-state index contributed by atoms with van der Waals surface area (Å²) in [5.74, 6) is 0.178. The molecule has 14 heteroatoms. The molecular formula is C39H46ClN3O9S. The van der Waals surface area contributed by atoms with E-state index in [0.717, 1.165) is 66.7 Å². The predicted molar refractivity (Wildman–Crippen MR) is 201 cm³/mol. The van der Waals surface area contributed by atoms with E-state index >= 15 is 0 Å². The van der Waals surface area contributed by atoms with Crippen LogP contribution in [0.5, 0.6) is 17.2 Å². The lowest BCUT2D eigenvalue weighted by atomic mass is 9.96. The number of benzene rings is 3. The fraction of sp³-hybridized carbons (Fsp3) is 0.385. The van der Waals surface area contributed by atoms with Gasteiger partial charge in [0.25, 0.3) is 0 Å². The molecule has 2 heterocycles. The molecule has 1 aliphatic rings. The molecule has 1 aromatic heterocycles. The zero-order chi connectivity index (χ0) is 38.2. The molecule has 0 bridgehead atoms. The second kappa shape index (κ2) is 17.7. The number of hydrogen-bond acceptors (Lipinski definition) is 11. The standard InChI is InChI=1S/C39H46ClN3O9S/c1-26-29(8-5-10-34(26)28-7-4-9-32(16-28)50-14-6-12-43-13-11-31(45)22-43)24-52-37-18-36(51-23-27-15-33(21-41-19-27)53(3,48)49)30(17-35(37)40)20-42-39(2,25-44)38(46)47/h4-5,7-10,15-19,21,31,42,44-45H,6,11-14,20,22-25H2,1-3H3,(H,46,47)/t31-,39-/m1/s1. The number of pyridine rings is 1. The molecule has 284 valence electrons. The van der Waals surface area contributed by atoms with Gasteiger partial charge >= 0.3 is 5.97 Å². The number of aliphatic hydroxyl groups is 2. The Labute approximate surface area is 315 Å². The monoisotopic (exact) mass is 767 g/mol. The summed E-state index contributed by atoms with van der Waals surface area (Å²) in [4.78, 5) is 18.1. The summed E-state index contributed by atoms with van der Waals surface area (Å²) in [7, 11) is -3.49. The first-order valence-corrected chi connectivity index (χ1v) is 19.6. The normalized spacial score (nSPS) is 15.9. The number of β-amino-alcohol motifs (C(OH)–C–C–N with tert-alkyl or cyclic N) is 1. The average molecular weight is 768 g/mol. The van der Waals surface area contributed by atoms with Crippen molar-refractivity contribution in [3.05, 3.63) is 100 Å². The number of likely N-dealkylation sites (tertiary alicyclic amines) is 1. The number of nitrogens with zero attached hydrogens (tertiary/aromatic N) is 2. The maximum Gasteiger partial charge on any atom is 0.326 e. The largest absolute Gasteiger partial charge is 0.494 e. The molecule has 0 radical (unpaired) electrons. The Balaban J connectivity index is 1.31. The second-order valence-corrected chi connectivity index (χ2v) is 15.9. The zero-order valence-electron chi connectivity index (χ0n) is 30.0. The maximum atomic E-state index is 12.1. The number of halogens is 1. The van der Waals surface area contributed by atoms with Crippen LogP contribution in [0.4, 0.5) is 0 Å². The zero-order valence-corrected chi connectivity index (χ0v) is 31.6. The van der Waals surface area contributed by atoms with Crippen LogP contribution in [-0.4, -0.2) is 90.3 Å². The highest BCUT2D eigenvalue weighted by molar-refractivity contribution is 7.90. The molecule has 0 aliphatic carbocycles. The molecule has 53 heavy (non-hydrogen) atoms. The Kier molecular flexibility index (Phi) is 13.4. The first-order chi connectivity index (χ1) is 25.3. The van der Waals surface area contributed by atoms with Crippen molar-refractivity contribution >= 4 is 27.4 Å².